The van der Waals surface area contributed by atoms with Gasteiger partial charge in [0, 0.05) is 24.3 Å². The van der Waals surface area contributed by atoms with Crippen LogP contribution in [0.15, 0.2) is 42.5 Å². The van der Waals surface area contributed by atoms with Crippen LogP contribution in [0.25, 0.3) is 11.4 Å². The van der Waals surface area contributed by atoms with Crippen LogP contribution < -0.4 is 5.32 Å². The molecule has 8 nitrogen and oxygen atoms in total. The lowest BCUT2D eigenvalue weighted by Gasteiger charge is -2.32. The van der Waals surface area contributed by atoms with Crippen LogP contribution in [0, 0.1) is 24.5 Å². The first kappa shape index (κ1) is 21.9. The van der Waals surface area contributed by atoms with Gasteiger partial charge in [0.1, 0.15) is 12.4 Å². The Kier molecular flexibility index (Phi) is 6.45. The number of carbonyl (C=O) groups excluding carboxylic acids is 2. The molecule has 0 bridgehead atoms. The van der Waals surface area contributed by atoms with Crippen molar-refractivity contribution in [1.29, 1.82) is 0 Å². The predicted molar refractivity (Wildman–Crippen MR) is 124 cm³/mol. The van der Waals surface area contributed by atoms with E-state index in [2.05, 4.69) is 20.5 Å². The molecule has 1 aliphatic heterocycles. The van der Waals surface area contributed by atoms with Gasteiger partial charge in [0.05, 0.1) is 5.92 Å². The molecule has 1 unspecified atom stereocenters. The first-order valence-corrected chi connectivity index (χ1v) is 11.1. The molecule has 0 saturated carbocycles. The number of hydrogen-bond donors (Lipinski definition) is 2. The van der Waals surface area contributed by atoms with E-state index in [-0.39, 0.29) is 24.3 Å². The second kappa shape index (κ2) is 9.44. The van der Waals surface area contributed by atoms with Crippen molar-refractivity contribution in [3.05, 3.63) is 58.5 Å². The highest BCUT2D eigenvalue weighted by Crippen LogP contribution is 2.21. The monoisotopic (exact) mass is 450 g/mol. The van der Waals surface area contributed by atoms with E-state index in [1.165, 1.54) is 0 Å². The minimum absolute atomic E-state index is 0.0757. The van der Waals surface area contributed by atoms with E-state index >= 15 is 0 Å². The molecule has 3 aromatic rings. The summed E-state index contributed by atoms with van der Waals surface area (Å²) in [5.74, 6) is 0.692. The van der Waals surface area contributed by atoms with Gasteiger partial charge in [0.2, 0.25) is 11.8 Å². The normalized spacial score (nSPS) is 16.1. The van der Waals surface area contributed by atoms with Gasteiger partial charge in [-0.1, -0.05) is 35.9 Å². The number of aryl methyl sites for hydroxylation is 2. The summed E-state index contributed by atoms with van der Waals surface area (Å²) < 4.78 is 2.11. The van der Waals surface area contributed by atoms with Gasteiger partial charge in [-0.2, -0.15) is 5.10 Å². The van der Waals surface area contributed by atoms with E-state index in [4.69, 9.17) is 12.2 Å². The lowest BCUT2D eigenvalue weighted by atomic mass is 9.97. The summed E-state index contributed by atoms with van der Waals surface area (Å²) in [5.41, 5.74) is 2.87. The zero-order valence-electron chi connectivity index (χ0n) is 18.2. The topological polar surface area (TPSA) is 95.9 Å². The smallest absolute Gasteiger partial charge is 0.242 e. The molecule has 1 atom stereocenters. The van der Waals surface area contributed by atoms with Crippen molar-refractivity contribution in [3.8, 4) is 11.4 Å². The summed E-state index contributed by atoms with van der Waals surface area (Å²) in [7, 11) is 0. The molecule has 32 heavy (non-hydrogen) atoms. The lowest BCUT2D eigenvalue weighted by molar-refractivity contribution is -0.135. The van der Waals surface area contributed by atoms with Gasteiger partial charge in [-0.25, -0.2) is 4.98 Å². The fourth-order valence-corrected chi connectivity index (χ4v) is 4.08. The molecule has 0 spiro atoms. The number of rotatable bonds is 5. The van der Waals surface area contributed by atoms with Crippen molar-refractivity contribution >= 4 is 29.9 Å². The van der Waals surface area contributed by atoms with E-state index in [0.29, 0.717) is 29.5 Å². The number of hydrogen-bond acceptors (Lipinski definition) is 5. The molecule has 0 aliphatic carbocycles. The van der Waals surface area contributed by atoms with Crippen molar-refractivity contribution < 1.29 is 9.59 Å². The van der Waals surface area contributed by atoms with Gasteiger partial charge in [-0.15, -0.1) is 0 Å². The quantitative estimate of drug-likeness (QED) is 0.580. The van der Waals surface area contributed by atoms with Crippen LogP contribution in [0.3, 0.4) is 0 Å². The number of nitrogens with one attached hydrogen (secondary N) is 2. The second-order valence-corrected chi connectivity index (χ2v) is 8.52. The Morgan fingerprint density at radius 2 is 1.97 bits per heavy atom. The highest BCUT2D eigenvalue weighted by atomic mass is 32.1. The standard InChI is InChI=1S/C23H26N6O2S/c1-15-8-10-17(11-9-15)21-26-27-23(32)29(21)14-20(30)28-12-4-6-18(13-28)22(31)25-19-7-3-5-16(2)24-19/h3,5,7-11,18H,4,6,12-14H2,1-2H3,(H,27,32)(H,24,25,31). The number of carbonyl (C=O) groups is 2. The fraction of sp³-hybridized carbons (Fsp3) is 0.348. The highest BCUT2D eigenvalue weighted by molar-refractivity contribution is 7.71. The van der Waals surface area contributed by atoms with E-state index in [9.17, 15) is 9.59 Å². The third kappa shape index (κ3) is 4.94. The molecule has 4 rings (SSSR count). The van der Waals surface area contributed by atoms with Gasteiger partial charge >= 0.3 is 0 Å². The fourth-order valence-electron chi connectivity index (χ4n) is 3.88. The molecule has 2 aromatic heterocycles. The number of benzene rings is 1. The Morgan fingerprint density at radius 3 is 2.72 bits per heavy atom. The SMILES string of the molecule is Cc1ccc(-c2n[nH]c(=S)n2CC(=O)N2CCCC(C(=O)Nc3cccc(C)n3)C2)cc1. The van der Waals surface area contributed by atoms with Gasteiger partial charge < -0.3 is 10.2 Å². The molecule has 3 heterocycles. The minimum Gasteiger partial charge on any atom is -0.340 e. The minimum atomic E-state index is -0.274. The summed E-state index contributed by atoms with van der Waals surface area (Å²) in [5, 5.41) is 9.98. The van der Waals surface area contributed by atoms with Crippen molar-refractivity contribution in [1.82, 2.24) is 24.6 Å². The number of aromatic amines is 1. The summed E-state index contributed by atoms with van der Waals surface area (Å²) in [6, 6.07) is 13.4. The maximum absolute atomic E-state index is 13.1. The average molecular weight is 451 g/mol. The number of aromatic nitrogens is 4. The van der Waals surface area contributed by atoms with Crippen molar-refractivity contribution in [3.63, 3.8) is 0 Å². The largest absolute Gasteiger partial charge is 0.340 e. The number of piperidine rings is 1. The Balaban J connectivity index is 1.44. The molecule has 2 amide bonds. The first-order valence-electron chi connectivity index (χ1n) is 10.7. The Hall–Kier alpha value is -3.33. The number of nitrogens with zero attached hydrogens (tertiary/aromatic N) is 4. The summed E-state index contributed by atoms with van der Waals surface area (Å²) in [6.45, 7) is 4.97. The molecule has 1 aromatic carbocycles. The van der Waals surface area contributed by atoms with Gasteiger partial charge in [-0.3, -0.25) is 19.3 Å². The van der Waals surface area contributed by atoms with Crippen LogP contribution in [-0.2, 0) is 16.1 Å². The molecule has 2 N–H and O–H groups in total. The van der Waals surface area contributed by atoms with Crippen LogP contribution in [0.5, 0.6) is 0 Å². The molecular weight excluding hydrogens is 424 g/mol. The number of H-pyrrole nitrogens is 1. The van der Waals surface area contributed by atoms with Crippen LogP contribution in [0.2, 0.25) is 0 Å². The van der Waals surface area contributed by atoms with Crippen LogP contribution in [0.4, 0.5) is 5.82 Å². The van der Waals surface area contributed by atoms with E-state index in [1.54, 1.807) is 15.5 Å². The molecular formula is C23H26N6O2S. The zero-order valence-corrected chi connectivity index (χ0v) is 19.0. The van der Waals surface area contributed by atoms with E-state index in [1.807, 2.05) is 50.2 Å². The maximum atomic E-state index is 13.1. The first-order chi connectivity index (χ1) is 15.4. The molecule has 166 valence electrons. The summed E-state index contributed by atoms with van der Waals surface area (Å²) in [6.07, 6.45) is 1.51. The number of likely N-dealkylation sites (tertiary alicyclic amines) is 1. The Labute approximate surface area is 191 Å². The molecule has 1 saturated heterocycles. The summed E-state index contributed by atoms with van der Waals surface area (Å²) >= 11 is 5.37. The van der Waals surface area contributed by atoms with Crippen LogP contribution >= 0.6 is 12.2 Å². The molecule has 1 fully saturated rings. The lowest BCUT2D eigenvalue weighted by Crippen LogP contribution is -2.45. The number of anilines is 1. The zero-order chi connectivity index (χ0) is 22.7. The number of pyridine rings is 1. The van der Waals surface area contributed by atoms with Gasteiger partial charge in [-0.05, 0) is 51.0 Å². The number of amides is 2. The van der Waals surface area contributed by atoms with Gasteiger partial charge in [0.15, 0.2) is 10.6 Å². The molecule has 9 heteroatoms. The predicted octanol–water partition coefficient (Wildman–Crippen LogP) is 3.50. The third-order valence-corrected chi connectivity index (χ3v) is 5.96. The summed E-state index contributed by atoms with van der Waals surface area (Å²) in [4.78, 5) is 31.9. The van der Waals surface area contributed by atoms with Crippen molar-refractivity contribution in [2.45, 2.75) is 33.2 Å². The maximum Gasteiger partial charge on any atom is 0.242 e. The highest BCUT2D eigenvalue weighted by Gasteiger charge is 2.29. The Morgan fingerprint density at radius 1 is 1.19 bits per heavy atom. The van der Waals surface area contributed by atoms with Crippen molar-refractivity contribution in [2.24, 2.45) is 5.92 Å². The molecule has 1 aliphatic rings. The van der Waals surface area contributed by atoms with Crippen molar-refractivity contribution in [2.75, 3.05) is 18.4 Å². The van der Waals surface area contributed by atoms with Crippen LogP contribution in [-0.4, -0.2) is 49.6 Å². The van der Waals surface area contributed by atoms with Gasteiger partial charge in [0.25, 0.3) is 0 Å². The Bertz CT molecular complexity index is 1180. The van der Waals surface area contributed by atoms with E-state index < -0.39 is 0 Å². The third-order valence-electron chi connectivity index (χ3n) is 5.65. The average Bonchev–Trinajstić information content (AvgIpc) is 3.14. The second-order valence-electron chi connectivity index (χ2n) is 8.14. The van der Waals surface area contributed by atoms with E-state index in [0.717, 1.165) is 29.7 Å². The van der Waals surface area contributed by atoms with Crippen LogP contribution in [0.1, 0.15) is 24.1 Å². The molecule has 0 radical (unpaired) electrons.